The number of aliphatic carboxylic acids is 1. The van der Waals surface area contributed by atoms with Gasteiger partial charge in [-0.3, -0.25) is 4.79 Å². The minimum Gasteiger partial charge on any atom is -0.481 e. The molecule has 0 spiro atoms. The number of nitrogens with one attached hydrogen (secondary N) is 1. The Balaban J connectivity index is 2.66. The van der Waals surface area contributed by atoms with Crippen LogP contribution in [0.5, 0.6) is 0 Å². The zero-order chi connectivity index (χ0) is 16.3. The number of carbonyl (C=O) groups excluding carboxylic acids is 1. The molecule has 1 fully saturated rings. The number of urea groups is 1. The summed E-state index contributed by atoms with van der Waals surface area (Å²) in [4.78, 5) is 25.4. The third-order valence-corrected chi connectivity index (χ3v) is 4.24. The zero-order valence-electron chi connectivity index (χ0n) is 13.7. The van der Waals surface area contributed by atoms with E-state index < -0.39 is 11.4 Å². The van der Waals surface area contributed by atoms with Crippen molar-refractivity contribution in [2.45, 2.75) is 59.2 Å². The van der Waals surface area contributed by atoms with Crippen LogP contribution in [0.15, 0.2) is 0 Å². The van der Waals surface area contributed by atoms with Gasteiger partial charge in [-0.1, -0.05) is 13.8 Å². The van der Waals surface area contributed by atoms with Gasteiger partial charge in [-0.05, 0) is 33.6 Å². The van der Waals surface area contributed by atoms with E-state index in [1.807, 2.05) is 34.6 Å². The van der Waals surface area contributed by atoms with E-state index in [0.717, 1.165) is 0 Å². The van der Waals surface area contributed by atoms with E-state index in [1.54, 1.807) is 4.90 Å². The van der Waals surface area contributed by atoms with Crippen LogP contribution in [0.3, 0.4) is 0 Å². The Morgan fingerprint density at radius 2 is 1.95 bits per heavy atom. The zero-order valence-corrected chi connectivity index (χ0v) is 13.7. The monoisotopic (exact) mass is 300 g/mol. The molecule has 0 aromatic carbocycles. The molecule has 1 heterocycles. The van der Waals surface area contributed by atoms with Crippen LogP contribution in [-0.2, 0) is 9.53 Å². The van der Waals surface area contributed by atoms with Gasteiger partial charge >= 0.3 is 12.0 Å². The molecule has 1 rings (SSSR count). The molecular weight excluding hydrogens is 272 g/mol. The number of hydrogen-bond donors (Lipinski definition) is 2. The molecule has 1 unspecified atom stereocenters. The number of morpholine rings is 1. The fraction of sp³-hybridized carbons (Fsp3) is 0.867. The number of amides is 2. The quantitative estimate of drug-likeness (QED) is 0.815. The molecule has 1 saturated heterocycles. The number of rotatable bonds is 5. The SMILES string of the molecule is CCC(CC)(CNC(=O)N1CC(C)OC(C)(C)C1)C(=O)O. The Morgan fingerprint density at radius 1 is 1.38 bits per heavy atom. The highest BCUT2D eigenvalue weighted by atomic mass is 16.5. The molecule has 1 atom stereocenters. The van der Waals surface area contributed by atoms with Gasteiger partial charge in [0.2, 0.25) is 0 Å². The Labute approximate surface area is 126 Å². The third kappa shape index (κ3) is 4.33. The second kappa shape index (κ2) is 6.64. The van der Waals surface area contributed by atoms with Gasteiger partial charge in [0, 0.05) is 13.1 Å². The summed E-state index contributed by atoms with van der Waals surface area (Å²) >= 11 is 0. The number of ether oxygens (including phenoxy) is 1. The van der Waals surface area contributed by atoms with Gasteiger partial charge < -0.3 is 20.1 Å². The summed E-state index contributed by atoms with van der Waals surface area (Å²) in [5, 5.41) is 12.2. The molecule has 0 aromatic rings. The van der Waals surface area contributed by atoms with Crippen LogP contribution < -0.4 is 5.32 Å². The average molecular weight is 300 g/mol. The molecule has 0 aromatic heterocycles. The average Bonchev–Trinajstić information content (AvgIpc) is 2.37. The molecule has 2 N–H and O–H groups in total. The Bertz CT molecular complexity index is 391. The van der Waals surface area contributed by atoms with Crippen LogP contribution in [0, 0.1) is 5.41 Å². The minimum absolute atomic E-state index is 0.0268. The van der Waals surface area contributed by atoms with Crippen molar-refractivity contribution in [2.24, 2.45) is 5.41 Å². The summed E-state index contributed by atoms with van der Waals surface area (Å²) in [6, 6.07) is -0.217. The molecular formula is C15H28N2O4. The van der Waals surface area contributed by atoms with Crippen molar-refractivity contribution in [1.82, 2.24) is 10.2 Å². The van der Waals surface area contributed by atoms with Crippen LogP contribution >= 0.6 is 0 Å². The highest BCUT2D eigenvalue weighted by Gasteiger charge is 2.37. The molecule has 122 valence electrons. The largest absolute Gasteiger partial charge is 0.481 e. The molecule has 2 amide bonds. The van der Waals surface area contributed by atoms with Crippen LogP contribution in [0.2, 0.25) is 0 Å². The molecule has 0 saturated carbocycles. The lowest BCUT2D eigenvalue weighted by Gasteiger charge is -2.42. The van der Waals surface area contributed by atoms with Crippen molar-refractivity contribution in [3.05, 3.63) is 0 Å². The first kappa shape index (κ1) is 17.8. The first-order chi connectivity index (χ1) is 9.65. The topological polar surface area (TPSA) is 78.9 Å². The van der Waals surface area contributed by atoms with Crippen LogP contribution in [0.25, 0.3) is 0 Å². The second-order valence-corrected chi connectivity index (χ2v) is 6.52. The Kier molecular flexibility index (Phi) is 5.61. The molecule has 1 aliphatic rings. The highest BCUT2D eigenvalue weighted by Crippen LogP contribution is 2.26. The standard InChI is InChI=1S/C15H28N2O4/c1-6-15(7-2,12(18)19)9-16-13(20)17-8-11(3)21-14(4,5)10-17/h11H,6-10H2,1-5H3,(H,16,20)(H,18,19). The summed E-state index contributed by atoms with van der Waals surface area (Å²) < 4.78 is 5.76. The van der Waals surface area contributed by atoms with Crippen molar-refractivity contribution in [2.75, 3.05) is 19.6 Å². The van der Waals surface area contributed by atoms with Crippen LogP contribution in [0.1, 0.15) is 47.5 Å². The third-order valence-electron chi connectivity index (χ3n) is 4.24. The molecule has 6 nitrogen and oxygen atoms in total. The maximum atomic E-state index is 12.3. The lowest BCUT2D eigenvalue weighted by molar-refractivity contribution is -0.149. The van der Waals surface area contributed by atoms with Gasteiger partial charge in [0.1, 0.15) is 0 Å². The first-order valence-corrected chi connectivity index (χ1v) is 7.60. The molecule has 0 radical (unpaired) electrons. The van der Waals surface area contributed by atoms with Crippen LogP contribution in [-0.4, -0.2) is 53.3 Å². The lowest BCUT2D eigenvalue weighted by Crippen LogP contribution is -2.57. The van der Waals surface area contributed by atoms with Crippen molar-refractivity contribution in [1.29, 1.82) is 0 Å². The highest BCUT2D eigenvalue weighted by molar-refractivity contribution is 5.78. The van der Waals surface area contributed by atoms with Crippen molar-refractivity contribution >= 4 is 12.0 Å². The van der Waals surface area contributed by atoms with Gasteiger partial charge in [0.05, 0.1) is 23.7 Å². The Morgan fingerprint density at radius 3 is 2.38 bits per heavy atom. The number of nitrogens with zero attached hydrogens (tertiary/aromatic N) is 1. The number of hydrogen-bond acceptors (Lipinski definition) is 3. The molecule has 1 aliphatic heterocycles. The number of carboxylic acid groups (broad SMARTS) is 1. The Hall–Kier alpha value is -1.30. The normalized spacial score (nSPS) is 22.0. The minimum atomic E-state index is -0.886. The number of carboxylic acids is 1. The van der Waals surface area contributed by atoms with Gasteiger partial charge in [-0.2, -0.15) is 0 Å². The van der Waals surface area contributed by atoms with E-state index in [2.05, 4.69) is 5.32 Å². The smallest absolute Gasteiger partial charge is 0.317 e. The lowest BCUT2D eigenvalue weighted by atomic mass is 9.82. The molecule has 0 aliphatic carbocycles. The fourth-order valence-corrected chi connectivity index (χ4v) is 2.84. The summed E-state index contributed by atoms with van der Waals surface area (Å²) in [5.41, 5.74) is -1.27. The van der Waals surface area contributed by atoms with E-state index in [-0.39, 0.29) is 24.3 Å². The summed E-state index contributed by atoms with van der Waals surface area (Å²) in [5.74, 6) is -0.858. The van der Waals surface area contributed by atoms with Crippen molar-refractivity contribution < 1.29 is 19.4 Å². The molecule has 21 heavy (non-hydrogen) atoms. The molecule has 0 bridgehead atoms. The maximum absolute atomic E-state index is 12.3. The predicted octanol–water partition coefficient (Wildman–Crippen LogP) is 2.09. The first-order valence-electron chi connectivity index (χ1n) is 7.60. The number of carbonyl (C=O) groups is 2. The van der Waals surface area contributed by atoms with Crippen molar-refractivity contribution in [3.8, 4) is 0 Å². The van der Waals surface area contributed by atoms with Gasteiger partial charge in [-0.15, -0.1) is 0 Å². The fourth-order valence-electron chi connectivity index (χ4n) is 2.84. The summed E-state index contributed by atoms with van der Waals surface area (Å²) in [7, 11) is 0. The van der Waals surface area contributed by atoms with E-state index in [4.69, 9.17) is 4.74 Å². The predicted molar refractivity (Wildman–Crippen MR) is 80.2 cm³/mol. The molecule has 6 heteroatoms. The van der Waals surface area contributed by atoms with E-state index in [0.29, 0.717) is 25.9 Å². The second-order valence-electron chi connectivity index (χ2n) is 6.52. The van der Waals surface area contributed by atoms with Gasteiger partial charge in [0.25, 0.3) is 0 Å². The van der Waals surface area contributed by atoms with Gasteiger partial charge in [-0.25, -0.2) is 4.79 Å². The van der Waals surface area contributed by atoms with E-state index in [9.17, 15) is 14.7 Å². The van der Waals surface area contributed by atoms with E-state index >= 15 is 0 Å². The summed E-state index contributed by atoms with van der Waals surface area (Å²) in [6.07, 6.45) is 0.954. The van der Waals surface area contributed by atoms with E-state index in [1.165, 1.54) is 0 Å². The van der Waals surface area contributed by atoms with Crippen LogP contribution in [0.4, 0.5) is 4.79 Å². The van der Waals surface area contributed by atoms with Gasteiger partial charge in [0.15, 0.2) is 0 Å². The van der Waals surface area contributed by atoms with Crippen molar-refractivity contribution in [3.63, 3.8) is 0 Å². The summed E-state index contributed by atoms with van der Waals surface area (Å²) in [6.45, 7) is 10.7. The maximum Gasteiger partial charge on any atom is 0.317 e.